The molecule has 0 bridgehead atoms. The highest BCUT2D eigenvalue weighted by Crippen LogP contribution is 2.36. The molecule has 0 amide bonds. The van der Waals surface area contributed by atoms with Gasteiger partial charge in [0.05, 0.1) is 5.69 Å². The van der Waals surface area contributed by atoms with Crippen molar-refractivity contribution in [2.75, 3.05) is 5.73 Å². The number of nitrogen functional groups attached to an aromatic ring is 1. The molecule has 2 nitrogen and oxygen atoms in total. The molecule has 3 heteroatoms. The predicted octanol–water partition coefficient (Wildman–Crippen LogP) is 4.54. The molecule has 100 valence electrons. The summed E-state index contributed by atoms with van der Waals surface area (Å²) >= 11 is 1.56. The lowest BCUT2D eigenvalue weighted by atomic mass is 9.98. The first kappa shape index (κ1) is 12.9. The van der Waals surface area contributed by atoms with Crippen LogP contribution in [-0.2, 0) is 0 Å². The number of nitrogens with zero attached hydrogens (tertiary/aromatic N) is 1. The Hall–Kier alpha value is -2.13. The number of nitrogens with two attached hydrogens (primary N) is 1. The van der Waals surface area contributed by atoms with Gasteiger partial charge in [0, 0.05) is 11.5 Å². The van der Waals surface area contributed by atoms with Crippen LogP contribution in [0.4, 0.5) is 5.00 Å². The third kappa shape index (κ3) is 2.45. The molecule has 0 radical (unpaired) electrons. The summed E-state index contributed by atoms with van der Waals surface area (Å²) in [5.41, 5.74) is 9.51. The average Bonchev–Trinajstić information content (AvgIpc) is 2.90. The van der Waals surface area contributed by atoms with Crippen LogP contribution >= 0.6 is 11.3 Å². The van der Waals surface area contributed by atoms with Crippen molar-refractivity contribution >= 4 is 16.3 Å². The van der Waals surface area contributed by atoms with E-state index in [9.17, 15) is 0 Å². The Morgan fingerprint density at radius 1 is 0.950 bits per heavy atom. The van der Waals surface area contributed by atoms with Gasteiger partial charge in [-0.3, -0.25) is 0 Å². The molecule has 1 unspecified atom stereocenters. The van der Waals surface area contributed by atoms with Crippen LogP contribution in [-0.4, -0.2) is 4.98 Å². The van der Waals surface area contributed by atoms with E-state index < -0.39 is 0 Å². The van der Waals surface area contributed by atoms with E-state index in [0.29, 0.717) is 0 Å². The highest BCUT2D eigenvalue weighted by molar-refractivity contribution is 7.18. The maximum atomic E-state index is 6.17. The predicted molar refractivity (Wildman–Crippen MR) is 85.9 cm³/mol. The number of hydrogen-bond acceptors (Lipinski definition) is 3. The lowest BCUT2D eigenvalue weighted by Gasteiger charge is -2.09. The van der Waals surface area contributed by atoms with Crippen LogP contribution in [0.5, 0.6) is 0 Å². The molecule has 2 N–H and O–H groups in total. The average molecular weight is 280 g/mol. The quantitative estimate of drug-likeness (QED) is 0.764. The van der Waals surface area contributed by atoms with Gasteiger partial charge >= 0.3 is 0 Å². The number of anilines is 1. The highest BCUT2D eigenvalue weighted by Gasteiger charge is 2.17. The lowest BCUT2D eigenvalue weighted by molar-refractivity contribution is 0.888. The summed E-state index contributed by atoms with van der Waals surface area (Å²) in [5.74, 6) is 0.213. The topological polar surface area (TPSA) is 38.9 Å². The first-order valence-electron chi connectivity index (χ1n) is 6.62. The molecular formula is C17H16N2S. The number of thiazole rings is 1. The first-order chi connectivity index (χ1) is 9.75. The monoisotopic (exact) mass is 280 g/mol. The molecule has 0 fully saturated rings. The second-order valence-electron chi connectivity index (χ2n) is 4.77. The summed E-state index contributed by atoms with van der Waals surface area (Å²) in [6, 6.07) is 20.5. The number of aromatic nitrogens is 1. The van der Waals surface area contributed by atoms with Crippen LogP contribution in [0.3, 0.4) is 0 Å². The van der Waals surface area contributed by atoms with E-state index in [1.807, 2.05) is 36.4 Å². The number of rotatable bonds is 3. The Kier molecular flexibility index (Phi) is 3.52. The fourth-order valence-corrected chi connectivity index (χ4v) is 3.19. The van der Waals surface area contributed by atoms with Crippen LogP contribution < -0.4 is 5.73 Å². The first-order valence-corrected chi connectivity index (χ1v) is 7.44. The van der Waals surface area contributed by atoms with Crippen LogP contribution in [0.25, 0.3) is 10.6 Å². The van der Waals surface area contributed by atoms with Crippen LogP contribution in [0.1, 0.15) is 24.1 Å². The van der Waals surface area contributed by atoms with Crippen molar-refractivity contribution in [2.24, 2.45) is 0 Å². The fraction of sp³-hybridized carbons (Fsp3) is 0.118. The third-order valence-electron chi connectivity index (χ3n) is 3.41. The zero-order valence-electron chi connectivity index (χ0n) is 11.3. The summed E-state index contributed by atoms with van der Waals surface area (Å²) in [6.07, 6.45) is 0. The van der Waals surface area contributed by atoms with Crippen molar-refractivity contribution in [3.8, 4) is 10.6 Å². The van der Waals surface area contributed by atoms with Gasteiger partial charge in [0.25, 0.3) is 0 Å². The highest BCUT2D eigenvalue weighted by atomic mass is 32.1. The second-order valence-corrected chi connectivity index (χ2v) is 5.80. The van der Waals surface area contributed by atoms with Gasteiger partial charge in [-0.15, -0.1) is 0 Å². The second kappa shape index (κ2) is 5.47. The van der Waals surface area contributed by atoms with Crippen LogP contribution in [0, 0.1) is 0 Å². The van der Waals surface area contributed by atoms with Gasteiger partial charge in [0.1, 0.15) is 10.0 Å². The Labute approximate surface area is 122 Å². The summed E-state index contributed by atoms with van der Waals surface area (Å²) < 4.78 is 0. The van der Waals surface area contributed by atoms with E-state index in [0.717, 1.165) is 21.3 Å². The van der Waals surface area contributed by atoms with E-state index in [-0.39, 0.29) is 5.92 Å². The van der Waals surface area contributed by atoms with E-state index in [4.69, 9.17) is 10.7 Å². The number of hydrogen-bond donors (Lipinski definition) is 1. The van der Waals surface area contributed by atoms with E-state index in [2.05, 4.69) is 31.2 Å². The van der Waals surface area contributed by atoms with Crippen LogP contribution in [0.15, 0.2) is 60.7 Å². The molecule has 0 saturated heterocycles. The van der Waals surface area contributed by atoms with Crippen molar-refractivity contribution in [3.63, 3.8) is 0 Å². The molecule has 20 heavy (non-hydrogen) atoms. The summed E-state index contributed by atoms with van der Waals surface area (Å²) in [4.78, 5) is 4.75. The van der Waals surface area contributed by atoms with Crippen LogP contribution in [0.2, 0.25) is 0 Å². The Morgan fingerprint density at radius 3 is 2.20 bits per heavy atom. The lowest BCUT2D eigenvalue weighted by Crippen LogP contribution is -1.99. The van der Waals surface area contributed by atoms with Gasteiger partial charge in [0.15, 0.2) is 0 Å². The van der Waals surface area contributed by atoms with Crippen molar-refractivity contribution in [1.82, 2.24) is 4.98 Å². The van der Waals surface area contributed by atoms with Gasteiger partial charge in [0.2, 0.25) is 0 Å². The molecular weight excluding hydrogens is 264 g/mol. The minimum Gasteiger partial charge on any atom is -0.389 e. The molecule has 0 aliphatic rings. The fourth-order valence-electron chi connectivity index (χ4n) is 2.26. The minimum atomic E-state index is 0.213. The van der Waals surface area contributed by atoms with Gasteiger partial charge in [-0.2, -0.15) is 0 Å². The maximum absolute atomic E-state index is 6.17. The summed E-state index contributed by atoms with van der Waals surface area (Å²) in [5, 5.41) is 1.79. The molecule has 0 saturated carbocycles. The smallest absolute Gasteiger partial charge is 0.125 e. The molecule has 2 aromatic carbocycles. The minimum absolute atomic E-state index is 0.213. The van der Waals surface area contributed by atoms with Gasteiger partial charge in [-0.1, -0.05) is 78.9 Å². The molecule has 0 aliphatic heterocycles. The van der Waals surface area contributed by atoms with Crippen molar-refractivity contribution < 1.29 is 0 Å². The largest absolute Gasteiger partial charge is 0.389 e. The maximum Gasteiger partial charge on any atom is 0.125 e. The van der Waals surface area contributed by atoms with Gasteiger partial charge in [-0.05, 0) is 5.56 Å². The summed E-state index contributed by atoms with van der Waals surface area (Å²) in [6.45, 7) is 2.15. The van der Waals surface area contributed by atoms with E-state index in [1.165, 1.54) is 5.56 Å². The van der Waals surface area contributed by atoms with Crippen molar-refractivity contribution in [1.29, 1.82) is 0 Å². The standard InChI is InChI=1S/C17H16N2S/c1-12(13-8-4-2-5-9-13)15-16(18)20-17(19-15)14-10-6-3-7-11-14/h2-12H,18H2,1H3. The Morgan fingerprint density at radius 2 is 1.55 bits per heavy atom. The molecule has 0 spiro atoms. The molecule has 3 aromatic rings. The van der Waals surface area contributed by atoms with Gasteiger partial charge < -0.3 is 5.73 Å². The number of benzene rings is 2. The Bertz CT molecular complexity index is 690. The normalized spacial score (nSPS) is 12.2. The van der Waals surface area contributed by atoms with Gasteiger partial charge in [-0.25, -0.2) is 4.98 Å². The molecule has 3 rings (SSSR count). The molecule has 1 atom stereocenters. The molecule has 1 heterocycles. The van der Waals surface area contributed by atoms with Crippen molar-refractivity contribution in [3.05, 3.63) is 71.9 Å². The van der Waals surface area contributed by atoms with Crippen molar-refractivity contribution in [2.45, 2.75) is 12.8 Å². The third-order valence-corrected chi connectivity index (χ3v) is 4.36. The molecule has 0 aliphatic carbocycles. The summed E-state index contributed by atoms with van der Waals surface area (Å²) in [7, 11) is 0. The molecule has 1 aromatic heterocycles. The zero-order valence-corrected chi connectivity index (χ0v) is 12.1. The van der Waals surface area contributed by atoms with E-state index >= 15 is 0 Å². The Balaban J connectivity index is 1.98. The SMILES string of the molecule is CC(c1ccccc1)c1nc(-c2ccccc2)sc1N. The van der Waals surface area contributed by atoms with E-state index in [1.54, 1.807) is 11.3 Å². The zero-order chi connectivity index (χ0) is 13.9.